The lowest BCUT2D eigenvalue weighted by atomic mass is 9.99. The van der Waals surface area contributed by atoms with Crippen LogP contribution < -0.4 is 0 Å². The van der Waals surface area contributed by atoms with Crippen LogP contribution in [-0.2, 0) is 19.0 Å². The van der Waals surface area contributed by atoms with E-state index in [2.05, 4.69) is 0 Å². The number of alkyl halides is 3. The Balaban J connectivity index is 2.19. The first-order valence-corrected chi connectivity index (χ1v) is 5.87. The van der Waals surface area contributed by atoms with Crippen LogP contribution in [0.3, 0.4) is 0 Å². The summed E-state index contributed by atoms with van der Waals surface area (Å²) in [7, 11) is 0. The molecule has 0 amide bonds. The van der Waals surface area contributed by atoms with Gasteiger partial charge in [-0.05, 0) is 36.1 Å². The molecule has 0 saturated heterocycles. The van der Waals surface area contributed by atoms with Crippen LogP contribution in [0.15, 0.2) is 48.5 Å². The molecule has 4 heteroatoms. The van der Waals surface area contributed by atoms with Gasteiger partial charge in [0.05, 0.1) is 5.56 Å². The summed E-state index contributed by atoms with van der Waals surface area (Å²) in [6.45, 7) is 0. The van der Waals surface area contributed by atoms with Crippen molar-refractivity contribution in [2.24, 2.45) is 0 Å². The van der Waals surface area contributed by atoms with Crippen LogP contribution in [-0.4, -0.2) is 0 Å². The van der Waals surface area contributed by atoms with E-state index >= 15 is 0 Å². The van der Waals surface area contributed by atoms with Gasteiger partial charge in [0, 0.05) is 0 Å². The summed E-state index contributed by atoms with van der Waals surface area (Å²) < 4.78 is 51.7. The van der Waals surface area contributed by atoms with Gasteiger partial charge in [0.2, 0.25) is 0 Å². The molecule has 0 nitrogen and oxygen atoms in total. The summed E-state index contributed by atoms with van der Waals surface area (Å²) >= 11 is 0. The molecule has 0 fully saturated rings. The molecule has 0 N–H and O–H groups in total. The molecular weight excluding hydrogens is 256 g/mol. The summed E-state index contributed by atoms with van der Waals surface area (Å²) in [5.41, 5.74) is -0.0240. The fraction of sp³-hybridized carbons (Fsp3) is 0.200. The van der Waals surface area contributed by atoms with E-state index in [-0.39, 0.29) is 24.2 Å². The van der Waals surface area contributed by atoms with Crippen molar-refractivity contribution < 1.29 is 17.6 Å². The maximum Gasteiger partial charge on any atom is 0.416 e. The van der Waals surface area contributed by atoms with Crippen molar-refractivity contribution >= 4 is 0 Å². The van der Waals surface area contributed by atoms with Gasteiger partial charge in [-0.2, -0.15) is 13.2 Å². The van der Waals surface area contributed by atoms with Crippen molar-refractivity contribution in [3.63, 3.8) is 0 Å². The Bertz CT molecular complexity index is 558. The maximum absolute atomic E-state index is 13.4. The lowest BCUT2D eigenvalue weighted by Gasteiger charge is -2.12. The van der Waals surface area contributed by atoms with E-state index in [0.717, 1.165) is 6.07 Å². The van der Waals surface area contributed by atoms with Crippen molar-refractivity contribution in [2.45, 2.75) is 19.0 Å². The molecule has 2 aromatic carbocycles. The zero-order valence-electron chi connectivity index (χ0n) is 10.0. The number of aryl methyl sites for hydroxylation is 2. The molecule has 0 spiro atoms. The van der Waals surface area contributed by atoms with Gasteiger partial charge in [-0.1, -0.05) is 36.4 Å². The summed E-state index contributed by atoms with van der Waals surface area (Å²) in [4.78, 5) is 0. The largest absolute Gasteiger partial charge is 0.416 e. The lowest BCUT2D eigenvalue weighted by molar-refractivity contribution is -0.138. The Morgan fingerprint density at radius 1 is 0.737 bits per heavy atom. The average molecular weight is 268 g/mol. The highest BCUT2D eigenvalue weighted by molar-refractivity contribution is 5.31. The fourth-order valence-corrected chi connectivity index (χ4v) is 1.99. The van der Waals surface area contributed by atoms with E-state index < -0.39 is 11.7 Å². The predicted molar refractivity (Wildman–Crippen MR) is 65.3 cm³/mol. The lowest BCUT2D eigenvalue weighted by Crippen LogP contribution is -2.09. The third-order valence-electron chi connectivity index (χ3n) is 2.94. The Kier molecular flexibility index (Phi) is 3.88. The normalized spacial score (nSPS) is 11.6. The highest BCUT2D eigenvalue weighted by Gasteiger charge is 2.32. The SMILES string of the molecule is Fc1ccccc1CCc1ccccc1C(F)(F)F. The second-order valence-corrected chi connectivity index (χ2v) is 4.25. The van der Waals surface area contributed by atoms with Crippen LogP contribution in [0.2, 0.25) is 0 Å². The minimum Gasteiger partial charge on any atom is -0.207 e. The highest BCUT2D eigenvalue weighted by atomic mass is 19.4. The van der Waals surface area contributed by atoms with E-state index in [1.54, 1.807) is 24.3 Å². The van der Waals surface area contributed by atoms with E-state index in [4.69, 9.17) is 0 Å². The van der Waals surface area contributed by atoms with Crippen molar-refractivity contribution in [1.82, 2.24) is 0 Å². The minimum atomic E-state index is -4.37. The van der Waals surface area contributed by atoms with Gasteiger partial charge in [0.25, 0.3) is 0 Å². The summed E-state index contributed by atoms with van der Waals surface area (Å²) in [5, 5.41) is 0. The van der Waals surface area contributed by atoms with E-state index in [9.17, 15) is 17.6 Å². The molecule has 0 aliphatic carbocycles. The molecule has 0 aliphatic heterocycles. The zero-order valence-corrected chi connectivity index (χ0v) is 10.0. The molecule has 0 aliphatic rings. The third kappa shape index (κ3) is 3.34. The Morgan fingerprint density at radius 3 is 1.89 bits per heavy atom. The Morgan fingerprint density at radius 2 is 1.26 bits per heavy atom. The molecule has 0 unspecified atom stereocenters. The molecular formula is C15H12F4. The van der Waals surface area contributed by atoms with E-state index in [1.165, 1.54) is 18.2 Å². The van der Waals surface area contributed by atoms with Crippen molar-refractivity contribution in [3.05, 3.63) is 71.0 Å². The maximum atomic E-state index is 13.4. The average Bonchev–Trinajstić information content (AvgIpc) is 2.37. The second-order valence-electron chi connectivity index (χ2n) is 4.25. The standard InChI is InChI=1S/C15H12F4/c16-14-8-4-2-6-12(14)10-9-11-5-1-3-7-13(11)15(17,18)19/h1-8H,9-10H2. The monoisotopic (exact) mass is 268 g/mol. The van der Waals surface area contributed by atoms with Crippen LogP contribution in [0.4, 0.5) is 17.6 Å². The molecule has 0 heterocycles. The Hall–Kier alpha value is -1.84. The number of hydrogen-bond acceptors (Lipinski definition) is 0. The minimum absolute atomic E-state index is 0.163. The molecule has 0 aromatic heterocycles. The number of halogens is 4. The van der Waals surface area contributed by atoms with Gasteiger partial charge in [-0.15, -0.1) is 0 Å². The van der Waals surface area contributed by atoms with Crippen LogP contribution in [0, 0.1) is 5.82 Å². The molecule has 0 atom stereocenters. The third-order valence-corrected chi connectivity index (χ3v) is 2.94. The van der Waals surface area contributed by atoms with Gasteiger partial charge < -0.3 is 0 Å². The smallest absolute Gasteiger partial charge is 0.207 e. The van der Waals surface area contributed by atoms with Crippen LogP contribution >= 0.6 is 0 Å². The molecule has 0 bridgehead atoms. The number of benzene rings is 2. The van der Waals surface area contributed by atoms with Crippen LogP contribution in [0.1, 0.15) is 16.7 Å². The fourth-order valence-electron chi connectivity index (χ4n) is 1.99. The summed E-state index contributed by atoms with van der Waals surface area (Å²) in [6, 6.07) is 11.5. The Labute approximate surface area is 108 Å². The predicted octanol–water partition coefficient (Wildman–Crippen LogP) is 4.63. The second kappa shape index (κ2) is 5.43. The van der Waals surface area contributed by atoms with Crippen molar-refractivity contribution in [3.8, 4) is 0 Å². The number of hydrogen-bond donors (Lipinski definition) is 0. The highest BCUT2D eigenvalue weighted by Crippen LogP contribution is 2.32. The van der Waals surface area contributed by atoms with Crippen molar-refractivity contribution in [1.29, 1.82) is 0 Å². The quantitative estimate of drug-likeness (QED) is 0.712. The first kappa shape index (κ1) is 13.6. The molecule has 0 saturated carbocycles. The van der Waals surface area contributed by atoms with Gasteiger partial charge in [0.1, 0.15) is 5.82 Å². The first-order chi connectivity index (χ1) is 8.98. The van der Waals surface area contributed by atoms with Gasteiger partial charge in [0.15, 0.2) is 0 Å². The molecule has 19 heavy (non-hydrogen) atoms. The van der Waals surface area contributed by atoms with Crippen LogP contribution in [0.5, 0.6) is 0 Å². The zero-order chi connectivity index (χ0) is 13.9. The topological polar surface area (TPSA) is 0 Å². The van der Waals surface area contributed by atoms with Gasteiger partial charge in [-0.25, -0.2) is 4.39 Å². The molecule has 2 rings (SSSR count). The van der Waals surface area contributed by atoms with Crippen LogP contribution in [0.25, 0.3) is 0 Å². The van der Waals surface area contributed by atoms with Crippen molar-refractivity contribution in [2.75, 3.05) is 0 Å². The molecule has 100 valence electrons. The van der Waals surface area contributed by atoms with E-state index in [0.29, 0.717) is 5.56 Å². The van der Waals surface area contributed by atoms with E-state index in [1.807, 2.05) is 0 Å². The first-order valence-electron chi connectivity index (χ1n) is 5.87. The summed E-state index contributed by atoms with van der Waals surface area (Å²) in [5.74, 6) is -0.382. The van der Waals surface area contributed by atoms with Gasteiger partial charge in [-0.3, -0.25) is 0 Å². The molecule has 0 radical (unpaired) electrons. The van der Waals surface area contributed by atoms with Gasteiger partial charge >= 0.3 is 6.18 Å². The summed E-state index contributed by atoms with van der Waals surface area (Å²) in [6.07, 6.45) is -3.96. The number of rotatable bonds is 3. The molecule has 2 aromatic rings.